The van der Waals surface area contributed by atoms with Crippen LogP contribution in [-0.4, -0.2) is 37.2 Å². The number of hydrogen-bond acceptors (Lipinski definition) is 6. The van der Waals surface area contributed by atoms with Crippen molar-refractivity contribution in [1.29, 1.82) is 0 Å². The minimum Gasteiger partial charge on any atom is -0.462 e. The summed E-state index contributed by atoms with van der Waals surface area (Å²) < 4.78 is 16.9. The Morgan fingerprint density at radius 1 is 0.256 bits per heavy atom. The molecule has 0 aliphatic carbocycles. The Balaban J connectivity index is 4.23. The van der Waals surface area contributed by atoms with Crippen LogP contribution < -0.4 is 0 Å². The smallest absolute Gasteiger partial charge is 0.306 e. The number of carbonyl (C=O) groups is 3. The zero-order valence-corrected chi connectivity index (χ0v) is 52.2. The van der Waals surface area contributed by atoms with Crippen LogP contribution in [0.15, 0.2) is 60.8 Å². The molecule has 6 nitrogen and oxygen atoms in total. The van der Waals surface area contributed by atoms with E-state index in [1.54, 1.807) is 0 Å². The van der Waals surface area contributed by atoms with E-state index in [0.717, 1.165) is 109 Å². The first-order valence-corrected chi connectivity index (χ1v) is 34.3. The van der Waals surface area contributed by atoms with Gasteiger partial charge in [-0.1, -0.05) is 319 Å². The molecule has 0 saturated carbocycles. The summed E-state index contributed by atoms with van der Waals surface area (Å²) in [7, 11) is 0. The molecule has 0 fully saturated rings. The van der Waals surface area contributed by atoms with Crippen LogP contribution in [0.25, 0.3) is 0 Å². The van der Waals surface area contributed by atoms with Crippen molar-refractivity contribution in [2.45, 2.75) is 367 Å². The van der Waals surface area contributed by atoms with Crippen LogP contribution in [0.5, 0.6) is 0 Å². The Bertz CT molecular complexity index is 1390. The van der Waals surface area contributed by atoms with Crippen LogP contribution in [0.4, 0.5) is 0 Å². The van der Waals surface area contributed by atoms with E-state index in [1.807, 2.05) is 0 Å². The molecule has 6 heteroatoms. The minimum atomic E-state index is -0.787. The van der Waals surface area contributed by atoms with E-state index in [0.29, 0.717) is 19.3 Å². The molecule has 0 rings (SSSR count). The molecule has 0 saturated heterocycles. The highest BCUT2D eigenvalue weighted by atomic mass is 16.6. The molecule has 1 unspecified atom stereocenters. The van der Waals surface area contributed by atoms with Gasteiger partial charge in [0, 0.05) is 19.3 Å². The van der Waals surface area contributed by atoms with Crippen molar-refractivity contribution >= 4 is 17.9 Å². The molecule has 0 aromatic rings. The van der Waals surface area contributed by atoms with Gasteiger partial charge in [-0.15, -0.1) is 0 Å². The van der Waals surface area contributed by atoms with Crippen LogP contribution >= 0.6 is 0 Å². The molecule has 0 aliphatic heterocycles. The highest BCUT2D eigenvalue weighted by Crippen LogP contribution is 2.18. The number of unbranched alkanes of at least 4 members (excludes halogenated alkanes) is 42. The summed E-state index contributed by atoms with van der Waals surface area (Å²) in [6, 6.07) is 0. The predicted molar refractivity (Wildman–Crippen MR) is 339 cm³/mol. The minimum absolute atomic E-state index is 0.0812. The summed E-state index contributed by atoms with van der Waals surface area (Å²) in [5.74, 6) is -0.890. The lowest BCUT2D eigenvalue weighted by atomic mass is 10.0. The number of esters is 3. The maximum atomic E-state index is 12.9. The first-order chi connectivity index (χ1) is 38.5. The Kier molecular flexibility index (Phi) is 64.2. The van der Waals surface area contributed by atoms with Gasteiger partial charge in [0.05, 0.1) is 0 Å². The summed E-state index contributed by atoms with van der Waals surface area (Å²) in [4.78, 5) is 38.3. The molecule has 0 aliphatic rings. The van der Waals surface area contributed by atoms with Crippen LogP contribution in [0.3, 0.4) is 0 Å². The van der Waals surface area contributed by atoms with Gasteiger partial charge >= 0.3 is 17.9 Å². The van der Waals surface area contributed by atoms with Gasteiger partial charge in [-0.2, -0.15) is 0 Å². The molecule has 1 atom stereocenters. The maximum absolute atomic E-state index is 12.9. The zero-order valence-electron chi connectivity index (χ0n) is 52.2. The normalized spacial score (nSPS) is 12.4. The molecule has 0 radical (unpaired) electrons. The largest absolute Gasteiger partial charge is 0.462 e. The molecular weight excluding hydrogens is 961 g/mol. The second-order valence-electron chi connectivity index (χ2n) is 23.1. The zero-order chi connectivity index (χ0) is 56.4. The number of carbonyl (C=O) groups excluding carboxylic acids is 3. The highest BCUT2D eigenvalue weighted by Gasteiger charge is 2.19. The van der Waals surface area contributed by atoms with Crippen molar-refractivity contribution in [3.63, 3.8) is 0 Å². The fraction of sp³-hybridized carbons (Fsp3) is 0.819. The van der Waals surface area contributed by atoms with E-state index >= 15 is 0 Å². The SMILES string of the molecule is CCC/C=C\C/C=C\CCCCCCCC(=O)OCC(COC(=O)CCCCCCCCCCCCCCCCCCCCCCCCCCCCCC)OC(=O)CCCCCCCC/C=C\C/C=C\C/C=C\CCCCC. The van der Waals surface area contributed by atoms with Crippen LogP contribution in [0.1, 0.15) is 361 Å². The van der Waals surface area contributed by atoms with Gasteiger partial charge in [-0.25, -0.2) is 0 Å². The van der Waals surface area contributed by atoms with Gasteiger partial charge in [0.1, 0.15) is 13.2 Å². The second kappa shape index (κ2) is 66.6. The molecule has 0 amide bonds. The molecule has 0 bridgehead atoms. The summed E-state index contributed by atoms with van der Waals surface area (Å²) in [5.41, 5.74) is 0. The fourth-order valence-corrected chi connectivity index (χ4v) is 10.1. The van der Waals surface area contributed by atoms with Gasteiger partial charge in [0.25, 0.3) is 0 Å². The van der Waals surface area contributed by atoms with Crippen LogP contribution in [-0.2, 0) is 28.6 Å². The number of ether oxygens (including phenoxy) is 3. The lowest BCUT2D eigenvalue weighted by Crippen LogP contribution is -2.30. The van der Waals surface area contributed by atoms with Crippen LogP contribution in [0, 0.1) is 0 Å². The average Bonchev–Trinajstić information content (AvgIpc) is 3.44. The molecule has 0 heterocycles. The van der Waals surface area contributed by atoms with E-state index < -0.39 is 6.10 Å². The summed E-state index contributed by atoms with van der Waals surface area (Å²) in [6.45, 7) is 6.58. The molecule has 0 aromatic carbocycles. The van der Waals surface area contributed by atoms with Crippen LogP contribution in [0.2, 0.25) is 0 Å². The van der Waals surface area contributed by atoms with E-state index in [1.165, 1.54) is 212 Å². The van der Waals surface area contributed by atoms with E-state index in [4.69, 9.17) is 14.2 Å². The molecular formula is C72H130O6. The molecule has 0 aromatic heterocycles. The summed E-state index contributed by atoms with van der Waals surface area (Å²) in [6.07, 6.45) is 85.4. The molecule has 0 spiro atoms. The number of allylic oxidation sites excluding steroid dienone is 10. The number of hydrogen-bond donors (Lipinski definition) is 0. The Hall–Kier alpha value is -2.89. The Labute approximate surface area is 485 Å². The van der Waals surface area contributed by atoms with E-state index in [2.05, 4.69) is 81.5 Å². The van der Waals surface area contributed by atoms with Crippen molar-refractivity contribution in [3.05, 3.63) is 60.8 Å². The number of rotatable bonds is 63. The topological polar surface area (TPSA) is 78.9 Å². The van der Waals surface area contributed by atoms with Gasteiger partial charge in [-0.05, 0) is 83.5 Å². The lowest BCUT2D eigenvalue weighted by Gasteiger charge is -2.18. The summed E-state index contributed by atoms with van der Waals surface area (Å²) in [5, 5.41) is 0. The van der Waals surface area contributed by atoms with Crippen molar-refractivity contribution in [1.82, 2.24) is 0 Å². The van der Waals surface area contributed by atoms with Crippen molar-refractivity contribution < 1.29 is 28.6 Å². The highest BCUT2D eigenvalue weighted by molar-refractivity contribution is 5.71. The van der Waals surface area contributed by atoms with Crippen molar-refractivity contribution in [2.24, 2.45) is 0 Å². The average molecular weight is 1090 g/mol. The summed E-state index contributed by atoms with van der Waals surface area (Å²) >= 11 is 0. The van der Waals surface area contributed by atoms with Gasteiger partial charge in [-0.3, -0.25) is 14.4 Å². The quantitative estimate of drug-likeness (QED) is 0.0261. The van der Waals surface area contributed by atoms with Gasteiger partial charge in [0.15, 0.2) is 6.10 Å². The third kappa shape index (κ3) is 63.9. The van der Waals surface area contributed by atoms with Crippen molar-refractivity contribution in [3.8, 4) is 0 Å². The van der Waals surface area contributed by atoms with Crippen molar-refractivity contribution in [2.75, 3.05) is 13.2 Å². The molecule has 0 N–H and O–H groups in total. The fourth-order valence-electron chi connectivity index (χ4n) is 10.1. The third-order valence-electron chi connectivity index (χ3n) is 15.2. The maximum Gasteiger partial charge on any atom is 0.306 e. The first-order valence-electron chi connectivity index (χ1n) is 34.3. The second-order valence-corrected chi connectivity index (χ2v) is 23.1. The monoisotopic (exact) mass is 1090 g/mol. The predicted octanol–water partition coefficient (Wildman–Crippen LogP) is 23.5. The van der Waals surface area contributed by atoms with Gasteiger partial charge < -0.3 is 14.2 Å². The lowest BCUT2D eigenvalue weighted by molar-refractivity contribution is -0.167. The molecule has 454 valence electrons. The Morgan fingerprint density at radius 2 is 0.487 bits per heavy atom. The first kappa shape index (κ1) is 75.1. The Morgan fingerprint density at radius 3 is 0.795 bits per heavy atom. The standard InChI is InChI=1S/C72H130O6/c1-4-7-10-13-16-19-22-25-27-29-31-32-33-34-35-36-37-38-39-41-42-44-47-50-53-56-59-62-65-71(74)77-68-69(67-76-70(73)64-61-58-55-52-49-46-24-21-18-15-12-9-6-3)78-72(75)66-63-60-57-54-51-48-45-43-40-30-28-26-23-20-17-14-11-8-5-2/h12,15,17,20-21,24,26,28,40,43,69H,4-11,13-14,16,18-19,22-23,25,27,29-39,41-42,44-68H2,1-3H3/b15-12-,20-17-,24-21-,28-26-,43-40-. The van der Waals surface area contributed by atoms with E-state index in [-0.39, 0.29) is 31.1 Å². The third-order valence-corrected chi connectivity index (χ3v) is 15.2. The van der Waals surface area contributed by atoms with Gasteiger partial charge in [0.2, 0.25) is 0 Å². The molecule has 78 heavy (non-hydrogen) atoms. The van der Waals surface area contributed by atoms with E-state index in [9.17, 15) is 14.4 Å².